The number of nitrogens with zero attached hydrogens (tertiary/aromatic N) is 1. The van der Waals surface area contributed by atoms with Crippen molar-refractivity contribution in [2.24, 2.45) is 5.73 Å². The number of nitrogens with two attached hydrogens (primary N) is 2. The van der Waals surface area contributed by atoms with Crippen molar-refractivity contribution in [1.29, 1.82) is 0 Å². The van der Waals surface area contributed by atoms with Crippen molar-refractivity contribution < 1.29 is 17.9 Å². The first-order chi connectivity index (χ1) is 6.85. The van der Waals surface area contributed by atoms with Crippen LogP contribution < -0.4 is 16.2 Å². The number of anilines is 1. The van der Waals surface area contributed by atoms with E-state index in [2.05, 4.69) is 9.72 Å². The lowest BCUT2D eigenvalue weighted by Crippen LogP contribution is -2.19. The van der Waals surface area contributed by atoms with Gasteiger partial charge in [-0.1, -0.05) is 0 Å². The molecule has 1 rings (SSSR count). The molecule has 4 N–H and O–H groups in total. The largest absolute Gasteiger partial charge is 0.574 e. The summed E-state index contributed by atoms with van der Waals surface area (Å²) in [7, 11) is 0. The Labute approximate surface area is 96.9 Å². The van der Waals surface area contributed by atoms with Gasteiger partial charge in [0.15, 0.2) is 0 Å². The van der Waals surface area contributed by atoms with Crippen LogP contribution in [0.3, 0.4) is 0 Å². The Morgan fingerprint density at radius 1 is 1.47 bits per heavy atom. The van der Waals surface area contributed by atoms with Crippen LogP contribution in [-0.2, 0) is 6.54 Å². The Bertz CT molecular complexity index is 369. The van der Waals surface area contributed by atoms with Crippen LogP contribution in [0, 0.1) is 3.57 Å². The molecule has 8 heteroatoms. The van der Waals surface area contributed by atoms with Gasteiger partial charge in [0.25, 0.3) is 0 Å². The number of halogens is 4. The van der Waals surface area contributed by atoms with Gasteiger partial charge in [0.2, 0.25) is 5.88 Å². The van der Waals surface area contributed by atoms with Crippen LogP contribution in [0.4, 0.5) is 18.9 Å². The standard InChI is InChI=1S/C7H7F3IN3O/c8-7(9,10)15-6-5(11)3(1-12)4(13)2-14-6/h2H,1,12-13H2. The third-order valence-electron chi connectivity index (χ3n) is 1.54. The maximum atomic E-state index is 11.9. The van der Waals surface area contributed by atoms with Crippen LogP contribution in [-0.4, -0.2) is 11.3 Å². The number of hydrogen-bond donors (Lipinski definition) is 2. The number of rotatable bonds is 2. The summed E-state index contributed by atoms with van der Waals surface area (Å²) in [6, 6.07) is 0. The molecule has 0 amide bonds. The normalized spacial score (nSPS) is 11.5. The molecule has 0 unspecified atom stereocenters. The maximum Gasteiger partial charge on any atom is 0.574 e. The highest BCUT2D eigenvalue weighted by Gasteiger charge is 2.33. The monoisotopic (exact) mass is 333 g/mol. The molecular weight excluding hydrogens is 326 g/mol. The van der Waals surface area contributed by atoms with Gasteiger partial charge in [0.1, 0.15) is 0 Å². The van der Waals surface area contributed by atoms with Gasteiger partial charge in [0.05, 0.1) is 15.5 Å². The molecule has 0 aliphatic heterocycles. The van der Waals surface area contributed by atoms with Gasteiger partial charge < -0.3 is 16.2 Å². The number of pyridine rings is 1. The SMILES string of the molecule is NCc1c(N)cnc(OC(F)(F)F)c1I. The minimum atomic E-state index is -4.77. The summed E-state index contributed by atoms with van der Waals surface area (Å²) in [5, 5.41) is 0. The molecule has 0 saturated carbocycles. The molecule has 0 spiro atoms. The van der Waals surface area contributed by atoms with E-state index in [9.17, 15) is 13.2 Å². The summed E-state index contributed by atoms with van der Waals surface area (Å²) in [6.45, 7) is 0.0286. The third kappa shape index (κ3) is 3.09. The Morgan fingerprint density at radius 2 is 2.07 bits per heavy atom. The highest BCUT2D eigenvalue weighted by molar-refractivity contribution is 14.1. The fourth-order valence-corrected chi connectivity index (χ4v) is 1.69. The molecule has 0 atom stereocenters. The van der Waals surface area contributed by atoms with E-state index in [-0.39, 0.29) is 15.8 Å². The van der Waals surface area contributed by atoms with Crippen molar-refractivity contribution >= 4 is 28.3 Å². The van der Waals surface area contributed by atoms with Crippen molar-refractivity contribution in [2.75, 3.05) is 5.73 Å². The summed E-state index contributed by atoms with van der Waals surface area (Å²) in [4.78, 5) is 3.44. The fourth-order valence-electron chi connectivity index (χ4n) is 0.907. The highest BCUT2D eigenvalue weighted by Crippen LogP contribution is 2.29. The molecule has 84 valence electrons. The summed E-state index contributed by atoms with van der Waals surface area (Å²) < 4.78 is 39.7. The minimum Gasteiger partial charge on any atom is -0.397 e. The Morgan fingerprint density at radius 3 is 2.53 bits per heavy atom. The number of ether oxygens (including phenoxy) is 1. The van der Waals surface area contributed by atoms with Crippen LogP contribution in [0.1, 0.15) is 5.56 Å². The van der Waals surface area contributed by atoms with Crippen molar-refractivity contribution in [3.63, 3.8) is 0 Å². The lowest BCUT2D eigenvalue weighted by molar-refractivity contribution is -0.276. The van der Waals surface area contributed by atoms with E-state index in [0.29, 0.717) is 5.56 Å². The molecule has 0 radical (unpaired) electrons. The molecule has 15 heavy (non-hydrogen) atoms. The van der Waals surface area contributed by atoms with E-state index in [1.54, 1.807) is 22.6 Å². The van der Waals surface area contributed by atoms with Crippen LogP contribution in [0.5, 0.6) is 5.88 Å². The Kier molecular flexibility index (Phi) is 3.60. The summed E-state index contributed by atoms with van der Waals surface area (Å²) in [6.07, 6.45) is -3.68. The second-order valence-electron chi connectivity index (χ2n) is 2.56. The van der Waals surface area contributed by atoms with Gasteiger partial charge in [-0.15, -0.1) is 13.2 Å². The van der Waals surface area contributed by atoms with Gasteiger partial charge in [0, 0.05) is 12.1 Å². The van der Waals surface area contributed by atoms with E-state index in [1.807, 2.05) is 0 Å². The predicted octanol–water partition coefficient (Wildman–Crippen LogP) is 1.63. The minimum absolute atomic E-state index is 0.0286. The topological polar surface area (TPSA) is 74.2 Å². The first-order valence-corrected chi connectivity index (χ1v) is 4.81. The first kappa shape index (κ1) is 12.3. The molecule has 0 bridgehead atoms. The quantitative estimate of drug-likeness (QED) is 0.807. The molecule has 0 aliphatic carbocycles. The smallest absolute Gasteiger partial charge is 0.397 e. The molecule has 0 fully saturated rings. The molecule has 0 saturated heterocycles. The van der Waals surface area contributed by atoms with Crippen LogP contribution in [0.25, 0.3) is 0 Å². The first-order valence-electron chi connectivity index (χ1n) is 3.74. The maximum absolute atomic E-state index is 11.9. The molecule has 1 heterocycles. The Balaban J connectivity index is 3.11. The average molecular weight is 333 g/mol. The number of hydrogen-bond acceptors (Lipinski definition) is 4. The molecule has 0 aromatic carbocycles. The predicted molar refractivity (Wildman–Crippen MR) is 55.9 cm³/mol. The van der Waals surface area contributed by atoms with Crippen molar-refractivity contribution in [3.8, 4) is 5.88 Å². The third-order valence-corrected chi connectivity index (χ3v) is 2.65. The lowest BCUT2D eigenvalue weighted by Gasteiger charge is -2.12. The van der Waals surface area contributed by atoms with E-state index in [4.69, 9.17) is 11.5 Å². The van der Waals surface area contributed by atoms with Gasteiger partial charge >= 0.3 is 6.36 Å². The molecular formula is C7H7F3IN3O. The molecule has 0 aliphatic rings. The van der Waals surface area contributed by atoms with Crippen molar-refractivity contribution in [3.05, 3.63) is 15.3 Å². The molecule has 1 aromatic rings. The van der Waals surface area contributed by atoms with E-state index in [1.165, 1.54) is 0 Å². The number of aromatic nitrogens is 1. The lowest BCUT2D eigenvalue weighted by atomic mass is 10.2. The van der Waals surface area contributed by atoms with Gasteiger partial charge in [-0.25, -0.2) is 4.98 Å². The number of alkyl halides is 3. The van der Waals surface area contributed by atoms with E-state index >= 15 is 0 Å². The summed E-state index contributed by atoms with van der Waals surface area (Å²) >= 11 is 1.66. The van der Waals surface area contributed by atoms with Crippen molar-refractivity contribution in [1.82, 2.24) is 4.98 Å². The van der Waals surface area contributed by atoms with Crippen molar-refractivity contribution in [2.45, 2.75) is 12.9 Å². The zero-order valence-corrected chi connectivity index (χ0v) is 9.46. The van der Waals surface area contributed by atoms with Gasteiger partial charge in [-0.2, -0.15) is 0 Å². The van der Waals surface area contributed by atoms with E-state index in [0.717, 1.165) is 6.20 Å². The second kappa shape index (κ2) is 4.39. The number of nitrogen functional groups attached to an aromatic ring is 1. The zero-order valence-electron chi connectivity index (χ0n) is 7.31. The van der Waals surface area contributed by atoms with Crippen LogP contribution in [0.2, 0.25) is 0 Å². The highest BCUT2D eigenvalue weighted by atomic mass is 127. The van der Waals surface area contributed by atoms with Gasteiger partial charge in [-0.3, -0.25) is 0 Å². The molecule has 4 nitrogen and oxygen atoms in total. The second-order valence-corrected chi connectivity index (χ2v) is 3.64. The summed E-state index contributed by atoms with van der Waals surface area (Å²) in [5.41, 5.74) is 11.5. The molecule has 1 aromatic heterocycles. The Hall–Kier alpha value is -0.770. The zero-order chi connectivity index (χ0) is 11.6. The average Bonchev–Trinajstić information content (AvgIpc) is 2.09. The summed E-state index contributed by atoms with van der Waals surface area (Å²) in [5.74, 6) is -0.530. The van der Waals surface area contributed by atoms with Crippen LogP contribution >= 0.6 is 22.6 Å². The fraction of sp³-hybridized carbons (Fsp3) is 0.286. The van der Waals surface area contributed by atoms with E-state index < -0.39 is 12.2 Å². The van der Waals surface area contributed by atoms with Crippen LogP contribution in [0.15, 0.2) is 6.20 Å². The van der Waals surface area contributed by atoms with Gasteiger partial charge in [-0.05, 0) is 22.6 Å².